The van der Waals surface area contributed by atoms with Crippen LogP contribution in [0.3, 0.4) is 0 Å². The monoisotopic (exact) mass is 368 g/mol. The third-order valence-electron chi connectivity index (χ3n) is 2.17. The largest absolute Gasteiger partial charge is 0.298 e. The number of benzene rings is 1. The molecule has 0 unspecified atom stereocenters. The maximum absolute atomic E-state index is 13.8. The SMILES string of the molecule is CCCC(=O)c1c(F)c(Br)c(C=O)c(F)c1Br. The number of hydrogen-bond donors (Lipinski definition) is 0. The van der Waals surface area contributed by atoms with E-state index in [1.165, 1.54) is 0 Å². The molecule has 6 heteroatoms. The van der Waals surface area contributed by atoms with E-state index in [9.17, 15) is 18.4 Å². The van der Waals surface area contributed by atoms with Crippen molar-refractivity contribution in [2.24, 2.45) is 0 Å². The van der Waals surface area contributed by atoms with Crippen LogP contribution in [0.25, 0.3) is 0 Å². The van der Waals surface area contributed by atoms with Crippen molar-refractivity contribution in [1.29, 1.82) is 0 Å². The van der Waals surface area contributed by atoms with Gasteiger partial charge in [-0.15, -0.1) is 0 Å². The van der Waals surface area contributed by atoms with E-state index in [1.807, 2.05) is 0 Å². The van der Waals surface area contributed by atoms with Gasteiger partial charge in [0.2, 0.25) is 0 Å². The minimum Gasteiger partial charge on any atom is -0.298 e. The minimum atomic E-state index is -0.937. The van der Waals surface area contributed by atoms with Crippen LogP contribution in [0.1, 0.15) is 40.5 Å². The van der Waals surface area contributed by atoms with Crippen LogP contribution in [-0.4, -0.2) is 12.1 Å². The lowest BCUT2D eigenvalue weighted by molar-refractivity contribution is 0.0975. The summed E-state index contributed by atoms with van der Waals surface area (Å²) in [6.45, 7) is 1.76. The molecule has 92 valence electrons. The Bertz CT molecular complexity index is 458. The topological polar surface area (TPSA) is 34.1 Å². The van der Waals surface area contributed by atoms with Gasteiger partial charge in [-0.05, 0) is 38.3 Å². The van der Waals surface area contributed by atoms with Crippen molar-refractivity contribution in [3.05, 3.63) is 31.7 Å². The van der Waals surface area contributed by atoms with Gasteiger partial charge >= 0.3 is 0 Å². The van der Waals surface area contributed by atoms with Gasteiger partial charge in [0.1, 0.15) is 11.6 Å². The van der Waals surface area contributed by atoms with Crippen LogP contribution in [-0.2, 0) is 0 Å². The highest BCUT2D eigenvalue weighted by Gasteiger charge is 2.25. The molecule has 0 radical (unpaired) electrons. The van der Waals surface area contributed by atoms with Crippen molar-refractivity contribution in [2.75, 3.05) is 0 Å². The second-order valence-electron chi connectivity index (χ2n) is 3.34. The molecule has 0 spiro atoms. The first-order valence-electron chi connectivity index (χ1n) is 4.80. The summed E-state index contributed by atoms with van der Waals surface area (Å²) in [6, 6.07) is 0. The zero-order valence-electron chi connectivity index (χ0n) is 8.82. The molecular weight excluding hydrogens is 362 g/mol. The predicted molar refractivity (Wildman–Crippen MR) is 66.4 cm³/mol. The van der Waals surface area contributed by atoms with E-state index in [-0.39, 0.29) is 27.2 Å². The molecule has 0 aliphatic rings. The van der Waals surface area contributed by atoms with E-state index in [4.69, 9.17) is 0 Å². The van der Waals surface area contributed by atoms with Crippen molar-refractivity contribution in [1.82, 2.24) is 0 Å². The average molecular weight is 370 g/mol. The van der Waals surface area contributed by atoms with Crippen molar-refractivity contribution in [3.63, 3.8) is 0 Å². The normalized spacial score (nSPS) is 10.4. The van der Waals surface area contributed by atoms with Crippen molar-refractivity contribution < 1.29 is 18.4 Å². The third kappa shape index (κ3) is 2.63. The van der Waals surface area contributed by atoms with Crippen molar-refractivity contribution in [2.45, 2.75) is 19.8 Å². The maximum atomic E-state index is 13.8. The molecule has 1 rings (SSSR count). The second-order valence-corrected chi connectivity index (χ2v) is 4.92. The molecule has 1 aromatic rings. The Hall–Kier alpha value is -0.620. The van der Waals surface area contributed by atoms with Gasteiger partial charge in [-0.2, -0.15) is 0 Å². The Morgan fingerprint density at radius 3 is 2.29 bits per heavy atom. The minimum absolute atomic E-state index is 0.113. The molecule has 0 bridgehead atoms. The summed E-state index contributed by atoms with van der Waals surface area (Å²) in [5.74, 6) is -2.36. The van der Waals surface area contributed by atoms with E-state index in [1.54, 1.807) is 6.92 Å². The Kier molecular flexibility index (Phi) is 4.94. The van der Waals surface area contributed by atoms with Gasteiger partial charge in [-0.1, -0.05) is 6.92 Å². The van der Waals surface area contributed by atoms with E-state index in [2.05, 4.69) is 31.9 Å². The van der Waals surface area contributed by atoms with Gasteiger partial charge in [0.15, 0.2) is 12.1 Å². The molecule has 0 N–H and O–H groups in total. The molecular formula is C11H8Br2F2O2. The fourth-order valence-electron chi connectivity index (χ4n) is 1.35. The maximum Gasteiger partial charge on any atom is 0.167 e. The molecule has 0 saturated heterocycles. The number of rotatable bonds is 4. The Balaban J connectivity index is 3.53. The summed E-state index contributed by atoms with van der Waals surface area (Å²) in [6.07, 6.45) is 0.836. The van der Waals surface area contributed by atoms with Crippen LogP contribution in [0.4, 0.5) is 8.78 Å². The van der Waals surface area contributed by atoms with E-state index >= 15 is 0 Å². The molecule has 0 aromatic heterocycles. The zero-order valence-corrected chi connectivity index (χ0v) is 12.0. The summed E-state index contributed by atoms with van der Waals surface area (Å²) in [7, 11) is 0. The van der Waals surface area contributed by atoms with E-state index < -0.39 is 23.0 Å². The lowest BCUT2D eigenvalue weighted by Gasteiger charge is -2.10. The first-order valence-corrected chi connectivity index (χ1v) is 6.38. The number of hydrogen-bond acceptors (Lipinski definition) is 2. The lowest BCUT2D eigenvalue weighted by Crippen LogP contribution is -2.08. The average Bonchev–Trinajstić information content (AvgIpc) is 2.28. The Labute approximate surface area is 114 Å². The quantitative estimate of drug-likeness (QED) is 0.451. The number of carbonyl (C=O) groups is 2. The molecule has 0 atom stereocenters. The van der Waals surface area contributed by atoms with Gasteiger partial charge < -0.3 is 0 Å². The Morgan fingerprint density at radius 2 is 1.82 bits per heavy atom. The Morgan fingerprint density at radius 1 is 1.24 bits per heavy atom. The first-order chi connectivity index (χ1) is 7.95. The van der Waals surface area contributed by atoms with Crippen LogP contribution in [0, 0.1) is 11.6 Å². The van der Waals surface area contributed by atoms with E-state index in [0.717, 1.165) is 0 Å². The lowest BCUT2D eigenvalue weighted by atomic mass is 10.0. The summed E-state index contributed by atoms with van der Waals surface area (Å²) in [4.78, 5) is 22.3. The zero-order chi connectivity index (χ0) is 13.2. The second kappa shape index (κ2) is 5.82. The summed E-state index contributed by atoms with van der Waals surface area (Å²) in [5, 5.41) is 0. The van der Waals surface area contributed by atoms with Gasteiger partial charge in [0, 0.05) is 6.42 Å². The molecule has 0 amide bonds. The third-order valence-corrected chi connectivity index (χ3v) is 3.69. The van der Waals surface area contributed by atoms with Crippen LogP contribution in [0.5, 0.6) is 0 Å². The number of ketones is 1. The van der Waals surface area contributed by atoms with Crippen LogP contribution < -0.4 is 0 Å². The fraction of sp³-hybridized carbons (Fsp3) is 0.273. The van der Waals surface area contributed by atoms with Crippen molar-refractivity contribution >= 4 is 43.9 Å². The summed E-state index contributed by atoms with van der Waals surface area (Å²) < 4.78 is 26.9. The molecule has 0 aliphatic carbocycles. The molecule has 1 aromatic carbocycles. The number of halogens is 4. The summed E-state index contributed by atoms with van der Waals surface area (Å²) >= 11 is 5.59. The molecule has 2 nitrogen and oxygen atoms in total. The molecule has 0 heterocycles. The predicted octanol–water partition coefficient (Wildman–Crippen LogP) is 4.29. The standard InChI is InChI=1S/C11H8Br2F2O2/c1-2-3-6(17)7-9(13)10(14)5(4-16)8(12)11(7)15/h4H,2-3H2,1H3. The highest BCUT2D eigenvalue weighted by molar-refractivity contribution is 9.11. The molecule has 0 saturated carbocycles. The fourth-order valence-corrected chi connectivity index (χ4v) is 2.42. The van der Waals surface area contributed by atoms with Gasteiger partial charge in [-0.3, -0.25) is 9.59 Å². The van der Waals surface area contributed by atoms with Crippen molar-refractivity contribution in [3.8, 4) is 0 Å². The first kappa shape index (κ1) is 14.4. The number of aldehydes is 1. The van der Waals surface area contributed by atoms with E-state index in [0.29, 0.717) is 6.42 Å². The van der Waals surface area contributed by atoms with Crippen LogP contribution in [0.2, 0.25) is 0 Å². The number of Topliss-reactive ketones (excluding diaryl/α,β-unsaturated/α-hetero) is 1. The summed E-state index contributed by atoms with van der Waals surface area (Å²) in [5.41, 5.74) is -0.802. The van der Waals surface area contributed by atoms with Gasteiger partial charge in [0.05, 0.1) is 20.1 Å². The number of carbonyl (C=O) groups excluding carboxylic acids is 2. The highest BCUT2D eigenvalue weighted by atomic mass is 79.9. The molecule has 0 fully saturated rings. The van der Waals surface area contributed by atoms with Gasteiger partial charge in [0.25, 0.3) is 0 Å². The smallest absolute Gasteiger partial charge is 0.167 e. The van der Waals surface area contributed by atoms with Gasteiger partial charge in [-0.25, -0.2) is 8.78 Å². The van der Waals surface area contributed by atoms with Crippen LogP contribution >= 0.6 is 31.9 Å². The molecule has 17 heavy (non-hydrogen) atoms. The van der Waals surface area contributed by atoms with Crippen LogP contribution in [0.15, 0.2) is 8.95 Å². The highest BCUT2D eigenvalue weighted by Crippen LogP contribution is 2.33. The molecule has 0 aliphatic heterocycles.